The first-order valence-electron chi connectivity index (χ1n) is 7.08. The number of anilines is 1. The van der Waals surface area contributed by atoms with Crippen molar-refractivity contribution in [3.63, 3.8) is 0 Å². The van der Waals surface area contributed by atoms with Crippen molar-refractivity contribution in [1.29, 1.82) is 0 Å². The molecule has 1 aliphatic carbocycles. The minimum absolute atomic E-state index is 0.440. The lowest BCUT2D eigenvalue weighted by molar-refractivity contribution is 0.445. The second-order valence-electron chi connectivity index (χ2n) is 5.71. The fourth-order valence-electron chi connectivity index (χ4n) is 3.22. The zero-order valence-corrected chi connectivity index (χ0v) is 12.0. The number of hydrogen-bond acceptors (Lipinski definition) is 2. The zero-order valence-electron chi connectivity index (χ0n) is 11.3. The minimum atomic E-state index is 0.440. The van der Waals surface area contributed by atoms with Crippen LogP contribution in [0.2, 0.25) is 5.02 Å². The van der Waals surface area contributed by atoms with Gasteiger partial charge in [0.05, 0.1) is 16.1 Å². The third-order valence-electron chi connectivity index (χ3n) is 4.28. The quantitative estimate of drug-likeness (QED) is 0.785. The number of imidazole rings is 1. The molecule has 1 fully saturated rings. The number of benzene rings is 1. The maximum absolute atomic E-state index is 6.35. The van der Waals surface area contributed by atoms with E-state index in [1.807, 2.05) is 18.2 Å². The molecule has 3 nitrogen and oxygen atoms in total. The number of nitrogens with two attached hydrogens (primary N) is 1. The normalized spacial score (nSPS) is 24.5. The molecule has 0 saturated heterocycles. The van der Waals surface area contributed by atoms with E-state index >= 15 is 0 Å². The molecule has 2 aromatic rings. The van der Waals surface area contributed by atoms with E-state index in [4.69, 9.17) is 17.3 Å². The largest absolute Gasteiger partial charge is 0.369 e. The summed E-state index contributed by atoms with van der Waals surface area (Å²) in [6.45, 7) is 2.34. The molecule has 2 unspecified atom stereocenters. The van der Waals surface area contributed by atoms with Crippen LogP contribution >= 0.6 is 11.6 Å². The molecular formula is C15H20ClN3. The molecule has 1 heterocycles. The average molecular weight is 278 g/mol. The van der Waals surface area contributed by atoms with Crippen LogP contribution in [-0.2, 0) is 0 Å². The van der Waals surface area contributed by atoms with Crippen LogP contribution in [0, 0.1) is 5.92 Å². The topological polar surface area (TPSA) is 43.8 Å². The van der Waals surface area contributed by atoms with Crippen molar-refractivity contribution in [2.24, 2.45) is 5.92 Å². The number of rotatable bonds is 1. The van der Waals surface area contributed by atoms with Gasteiger partial charge in [-0.25, -0.2) is 4.98 Å². The second kappa shape index (κ2) is 5.04. The lowest BCUT2D eigenvalue weighted by atomic mass is 10.0. The number of para-hydroxylation sites is 1. The molecule has 3 rings (SSSR count). The van der Waals surface area contributed by atoms with Gasteiger partial charge in [0.15, 0.2) is 0 Å². The SMILES string of the molecule is CC1CCCC(n2c(N)nc3cccc(Cl)c32)CC1. The Morgan fingerprint density at radius 1 is 1.26 bits per heavy atom. The van der Waals surface area contributed by atoms with Gasteiger partial charge in [-0.15, -0.1) is 0 Å². The molecule has 0 amide bonds. The predicted octanol–water partition coefficient (Wildman–Crippen LogP) is 4.41. The Kier molecular flexibility index (Phi) is 3.40. The Labute approximate surface area is 118 Å². The predicted molar refractivity (Wildman–Crippen MR) is 80.4 cm³/mol. The van der Waals surface area contributed by atoms with E-state index in [1.54, 1.807) is 0 Å². The van der Waals surface area contributed by atoms with Crippen LogP contribution in [0.4, 0.5) is 5.95 Å². The molecule has 2 atom stereocenters. The van der Waals surface area contributed by atoms with Crippen LogP contribution in [0.3, 0.4) is 0 Å². The molecule has 19 heavy (non-hydrogen) atoms. The maximum atomic E-state index is 6.35. The molecule has 1 saturated carbocycles. The van der Waals surface area contributed by atoms with Gasteiger partial charge in [0.2, 0.25) is 5.95 Å². The molecule has 1 aliphatic rings. The fourth-order valence-corrected chi connectivity index (χ4v) is 3.48. The summed E-state index contributed by atoms with van der Waals surface area (Å²) in [6.07, 6.45) is 6.17. The van der Waals surface area contributed by atoms with Crippen LogP contribution in [0.25, 0.3) is 11.0 Å². The Hall–Kier alpha value is -1.22. The highest BCUT2D eigenvalue weighted by molar-refractivity contribution is 6.35. The van der Waals surface area contributed by atoms with Crippen LogP contribution in [0.5, 0.6) is 0 Å². The van der Waals surface area contributed by atoms with Gasteiger partial charge in [-0.2, -0.15) is 0 Å². The highest BCUT2D eigenvalue weighted by atomic mass is 35.5. The van der Waals surface area contributed by atoms with Crippen LogP contribution in [0.15, 0.2) is 18.2 Å². The van der Waals surface area contributed by atoms with Gasteiger partial charge in [-0.3, -0.25) is 0 Å². The zero-order chi connectivity index (χ0) is 13.4. The molecule has 1 aromatic heterocycles. The fraction of sp³-hybridized carbons (Fsp3) is 0.533. The van der Waals surface area contributed by atoms with Gasteiger partial charge in [0.1, 0.15) is 0 Å². The van der Waals surface area contributed by atoms with Crippen LogP contribution in [-0.4, -0.2) is 9.55 Å². The van der Waals surface area contributed by atoms with E-state index in [2.05, 4.69) is 16.5 Å². The van der Waals surface area contributed by atoms with E-state index in [9.17, 15) is 0 Å². The summed E-state index contributed by atoms with van der Waals surface area (Å²) < 4.78 is 2.16. The minimum Gasteiger partial charge on any atom is -0.369 e. The van der Waals surface area contributed by atoms with Gasteiger partial charge in [-0.1, -0.05) is 37.4 Å². The highest BCUT2D eigenvalue weighted by Gasteiger charge is 2.22. The van der Waals surface area contributed by atoms with Crippen LogP contribution in [0.1, 0.15) is 45.1 Å². The summed E-state index contributed by atoms with van der Waals surface area (Å²) in [5.74, 6) is 1.42. The third kappa shape index (κ3) is 2.32. The first-order valence-corrected chi connectivity index (χ1v) is 7.46. The summed E-state index contributed by atoms with van der Waals surface area (Å²) in [5, 5.41) is 0.749. The van der Waals surface area contributed by atoms with E-state index in [-0.39, 0.29) is 0 Å². The number of hydrogen-bond donors (Lipinski definition) is 1. The van der Waals surface area contributed by atoms with E-state index < -0.39 is 0 Å². The third-order valence-corrected chi connectivity index (χ3v) is 4.59. The summed E-state index contributed by atoms with van der Waals surface area (Å²) in [6, 6.07) is 6.26. The molecule has 0 bridgehead atoms. The molecule has 0 spiro atoms. The maximum Gasteiger partial charge on any atom is 0.201 e. The second-order valence-corrected chi connectivity index (χ2v) is 6.12. The van der Waals surface area contributed by atoms with Gasteiger partial charge in [0, 0.05) is 6.04 Å². The summed E-state index contributed by atoms with van der Waals surface area (Å²) >= 11 is 6.35. The van der Waals surface area contributed by atoms with Gasteiger partial charge >= 0.3 is 0 Å². The van der Waals surface area contributed by atoms with E-state index in [0.717, 1.165) is 22.0 Å². The lowest BCUT2D eigenvalue weighted by Gasteiger charge is -2.19. The first kappa shape index (κ1) is 12.8. The van der Waals surface area contributed by atoms with Crippen molar-refractivity contribution in [3.05, 3.63) is 23.2 Å². The smallest absolute Gasteiger partial charge is 0.201 e. The first-order chi connectivity index (χ1) is 9.16. The number of nitrogens with zero attached hydrogens (tertiary/aromatic N) is 2. The summed E-state index contributed by atoms with van der Waals surface area (Å²) in [4.78, 5) is 4.46. The number of aromatic nitrogens is 2. The van der Waals surface area contributed by atoms with Crippen molar-refractivity contribution in [1.82, 2.24) is 9.55 Å². The Morgan fingerprint density at radius 2 is 2.11 bits per heavy atom. The number of nitrogen functional groups attached to an aromatic ring is 1. The number of halogens is 1. The Morgan fingerprint density at radius 3 is 2.95 bits per heavy atom. The van der Waals surface area contributed by atoms with Crippen molar-refractivity contribution < 1.29 is 0 Å². The molecule has 0 aliphatic heterocycles. The van der Waals surface area contributed by atoms with Crippen molar-refractivity contribution >= 4 is 28.6 Å². The molecule has 4 heteroatoms. The van der Waals surface area contributed by atoms with Crippen LogP contribution < -0.4 is 5.73 Å². The van der Waals surface area contributed by atoms with Crippen molar-refractivity contribution in [3.8, 4) is 0 Å². The standard InChI is InChI=1S/C15H20ClN3/c1-10-4-2-5-11(9-8-10)19-14-12(16)6-3-7-13(14)18-15(19)17/h3,6-7,10-11H,2,4-5,8-9H2,1H3,(H2,17,18). The molecular weight excluding hydrogens is 258 g/mol. The summed E-state index contributed by atoms with van der Waals surface area (Å²) in [7, 11) is 0. The van der Waals surface area contributed by atoms with Gasteiger partial charge in [-0.05, 0) is 37.3 Å². The Balaban J connectivity index is 2.06. The van der Waals surface area contributed by atoms with E-state index in [0.29, 0.717) is 12.0 Å². The molecule has 102 valence electrons. The van der Waals surface area contributed by atoms with Crippen molar-refractivity contribution in [2.45, 2.75) is 45.1 Å². The van der Waals surface area contributed by atoms with Gasteiger partial charge in [0.25, 0.3) is 0 Å². The van der Waals surface area contributed by atoms with E-state index in [1.165, 1.54) is 32.1 Å². The van der Waals surface area contributed by atoms with Crippen molar-refractivity contribution in [2.75, 3.05) is 5.73 Å². The monoisotopic (exact) mass is 277 g/mol. The number of fused-ring (bicyclic) bond motifs is 1. The average Bonchev–Trinajstić information content (AvgIpc) is 2.56. The summed E-state index contributed by atoms with van der Waals surface area (Å²) in [5.41, 5.74) is 8.04. The lowest BCUT2D eigenvalue weighted by Crippen LogP contribution is -2.11. The Bertz CT molecular complexity index is 590. The molecule has 0 radical (unpaired) electrons. The molecule has 2 N–H and O–H groups in total. The van der Waals surface area contributed by atoms with Gasteiger partial charge < -0.3 is 10.3 Å². The molecule has 1 aromatic carbocycles. The highest BCUT2D eigenvalue weighted by Crippen LogP contribution is 2.36.